The smallest absolute Gasteiger partial charge is 0.272 e. The van der Waals surface area contributed by atoms with Gasteiger partial charge in [0.05, 0.1) is 6.54 Å². The molecule has 0 saturated heterocycles. The summed E-state index contributed by atoms with van der Waals surface area (Å²) >= 11 is 0. The predicted molar refractivity (Wildman–Crippen MR) is 80.2 cm³/mol. The van der Waals surface area contributed by atoms with Gasteiger partial charge >= 0.3 is 0 Å². The molecule has 0 saturated carbocycles. The first-order valence-corrected chi connectivity index (χ1v) is 6.86. The molecular formula is C16H17N3O2. The van der Waals surface area contributed by atoms with E-state index >= 15 is 0 Å². The number of carbonyl (C=O) groups excluding carboxylic acids is 1. The minimum Gasteiger partial charge on any atom is -0.488 e. The highest BCUT2D eigenvalue weighted by molar-refractivity contribution is 5.92. The van der Waals surface area contributed by atoms with Crippen LogP contribution in [0.2, 0.25) is 0 Å². The van der Waals surface area contributed by atoms with Gasteiger partial charge in [0, 0.05) is 13.5 Å². The van der Waals surface area contributed by atoms with E-state index in [2.05, 4.69) is 11.1 Å². The summed E-state index contributed by atoms with van der Waals surface area (Å²) in [5.41, 5.74) is 7.15. The number of ether oxygens (including phenoxy) is 1. The van der Waals surface area contributed by atoms with Gasteiger partial charge in [0.15, 0.2) is 0 Å². The summed E-state index contributed by atoms with van der Waals surface area (Å²) in [7, 11) is 1.75. The molecule has 21 heavy (non-hydrogen) atoms. The lowest BCUT2D eigenvalue weighted by Gasteiger charge is -2.20. The zero-order chi connectivity index (χ0) is 14.8. The molecule has 1 atom stereocenters. The molecule has 0 bridgehead atoms. The third-order valence-electron chi connectivity index (χ3n) is 3.53. The van der Waals surface area contributed by atoms with Crippen molar-refractivity contribution in [3.05, 3.63) is 53.7 Å². The van der Waals surface area contributed by atoms with Crippen LogP contribution in [0.15, 0.2) is 42.5 Å². The Kier molecular flexibility index (Phi) is 3.48. The normalized spacial score (nSPS) is 16.1. The van der Waals surface area contributed by atoms with Crippen LogP contribution in [0.1, 0.15) is 16.1 Å². The molecule has 0 unspecified atom stereocenters. The summed E-state index contributed by atoms with van der Waals surface area (Å²) in [6, 6.07) is 13.0. The van der Waals surface area contributed by atoms with E-state index in [1.165, 1.54) is 5.56 Å². The Morgan fingerprint density at radius 2 is 2.14 bits per heavy atom. The highest BCUT2D eigenvalue weighted by Crippen LogP contribution is 2.28. The van der Waals surface area contributed by atoms with E-state index in [0.717, 1.165) is 12.2 Å². The fourth-order valence-electron chi connectivity index (χ4n) is 2.51. The Morgan fingerprint density at radius 3 is 2.90 bits per heavy atom. The standard InChI is InChI=1S/C16H17N3O2/c1-19(16(20)13-6-4-8-15(17)18-13)10-12-9-11-5-2-3-7-14(11)21-12/h2-8,12H,9-10H2,1H3,(H2,17,18)/t12-/m0/s1. The maximum absolute atomic E-state index is 12.3. The van der Waals surface area contributed by atoms with Gasteiger partial charge in [-0.1, -0.05) is 24.3 Å². The number of fused-ring (bicyclic) bond motifs is 1. The van der Waals surface area contributed by atoms with Crippen molar-refractivity contribution in [3.8, 4) is 5.75 Å². The zero-order valence-electron chi connectivity index (χ0n) is 11.8. The molecule has 0 fully saturated rings. The molecule has 5 nitrogen and oxygen atoms in total. The molecule has 2 N–H and O–H groups in total. The number of carbonyl (C=O) groups is 1. The van der Waals surface area contributed by atoms with E-state index in [9.17, 15) is 4.79 Å². The monoisotopic (exact) mass is 283 g/mol. The summed E-state index contributed by atoms with van der Waals surface area (Å²) in [6.07, 6.45) is 0.801. The zero-order valence-corrected chi connectivity index (χ0v) is 11.8. The number of anilines is 1. The number of nitrogen functional groups attached to an aromatic ring is 1. The van der Waals surface area contributed by atoms with Crippen molar-refractivity contribution in [2.24, 2.45) is 0 Å². The van der Waals surface area contributed by atoms with Crippen LogP contribution in [0.5, 0.6) is 5.75 Å². The number of likely N-dealkylation sites (N-methyl/N-ethyl adjacent to an activating group) is 1. The van der Waals surface area contributed by atoms with E-state index in [1.807, 2.05) is 18.2 Å². The van der Waals surface area contributed by atoms with Gasteiger partial charge in [0.1, 0.15) is 23.4 Å². The molecule has 1 aromatic heterocycles. The number of pyridine rings is 1. The quantitative estimate of drug-likeness (QED) is 0.931. The third-order valence-corrected chi connectivity index (χ3v) is 3.53. The highest BCUT2D eigenvalue weighted by atomic mass is 16.5. The number of amides is 1. The van der Waals surface area contributed by atoms with Crippen LogP contribution in [0, 0.1) is 0 Å². The first kappa shape index (κ1) is 13.4. The fourth-order valence-corrected chi connectivity index (χ4v) is 2.51. The molecule has 0 spiro atoms. The summed E-state index contributed by atoms with van der Waals surface area (Å²) in [5.74, 6) is 1.10. The molecule has 5 heteroatoms. The average Bonchev–Trinajstić information content (AvgIpc) is 2.88. The largest absolute Gasteiger partial charge is 0.488 e. The van der Waals surface area contributed by atoms with Gasteiger partial charge in [-0.3, -0.25) is 4.79 Å². The number of aromatic nitrogens is 1. The summed E-state index contributed by atoms with van der Waals surface area (Å²) < 4.78 is 5.85. The van der Waals surface area contributed by atoms with Gasteiger partial charge in [0.25, 0.3) is 5.91 Å². The maximum Gasteiger partial charge on any atom is 0.272 e. The van der Waals surface area contributed by atoms with Crippen molar-refractivity contribution < 1.29 is 9.53 Å². The van der Waals surface area contributed by atoms with Crippen molar-refractivity contribution in [1.82, 2.24) is 9.88 Å². The number of nitrogens with zero attached hydrogens (tertiary/aromatic N) is 2. The Hall–Kier alpha value is -2.56. The van der Waals surface area contributed by atoms with Crippen LogP contribution < -0.4 is 10.5 Å². The first-order chi connectivity index (χ1) is 10.1. The van der Waals surface area contributed by atoms with E-state index < -0.39 is 0 Å². The van der Waals surface area contributed by atoms with Gasteiger partial charge in [-0.15, -0.1) is 0 Å². The number of hydrogen-bond acceptors (Lipinski definition) is 4. The number of para-hydroxylation sites is 1. The van der Waals surface area contributed by atoms with E-state index in [1.54, 1.807) is 30.1 Å². The van der Waals surface area contributed by atoms with Crippen molar-refractivity contribution in [3.63, 3.8) is 0 Å². The third kappa shape index (κ3) is 2.81. The fraction of sp³-hybridized carbons (Fsp3) is 0.250. The molecule has 1 aliphatic rings. The van der Waals surface area contributed by atoms with E-state index in [4.69, 9.17) is 10.5 Å². The van der Waals surface area contributed by atoms with Gasteiger partial charge in [-0.2, -0.15) is 0 Å². The number of rotatable bonds is 3. The van der Waals surface area contributed by atoms with E-state index in [0.29, 0.717) is 18.1 Å². The summed E-state index contributed by atoms with van der Waals surface area (Å²) in [5, 5.41) is 0. The van der Waals surface area contributed by atoms with Crippen LogP contribution in [0.3, 0.4) is 0 Å². The number of nitrogens with two attached hydrogens (primary N) is 1. The summed E-state index contributed by atoms with van der Waals surface area (Å²) in [4.78, 5) is 18.0. The Bertz CT molecular complexity index is 647. The minimum atomic E-state index is -0.151. The minimum absolute atomic E-state index is 0.0163. The van der Waals surface area contributed by atoms with Crippen LogP contribution in [0.4, 0.5) is 5.82 Å². The van der Waals surface area contributed by atoms with Crippen LogP contribution in [-0.2, 0) is 6.42 Å². The van der Waals surface area contributed by atoms with Crippen LogP contribution in [0.25, 0.3) is 0 Å². The van der Waals surface area contributed by atoms with Crippen LogP contribution >= 0.6 is 0 Å². The van der Waals surface area contributed by atoms with Crippen molar-refractivity contribution in [2.75, 3.05) is 19.3 Å². The number of benzene rings is 1. The number of hydrogen-bond donors (Lipinski definition) is 1. The predicted octanol–water partition coefficient (Wildman–Crippen LogP) is 1.74. The molecule has 1 aromatic carbocycles. The lowest BCUT2D eigenvalue weighted by atomic mass is 10.1. The Balaban J connectivity index is 1.65. The molecule has 2 aromatic rings. The van der Waals surface area contributed by atoms with Gasteiger partial charge in [0.2, 0.25) is 0 Å². The van der Waals surface area contributed by atoms with Gasteiger partial charge in [-0.05, 0) is 23.8 Å². The molecule has 0 radical (unpaired) electrons. The van der Waals surface area contributed by atoms with Crippen molar-refractivity contribution in [1.29, 1.82) is 0 Å². The Labute approximate surface area is 123 Å². The molecule has 108 valence electrons. The SMILES string of the molecule is CN(C[C@@H]1Cc2ccccc2O1)C(=O)c1cccc(N)n1. The second-order valence-electron chi connectivity index (χ2n) is 5.19. The first-order valence-electron chi connectivity index (χ1n) is 6.86. The molecular weight excluding hydrogens is 266 g/mol. The van der Waals surface area contributed by atoms with Crippen molar-refractivity contribution >= 4 is 11.7 Å². The molecule has 3 rings (SSSR count). The topological polar surface area (TPSA) is 68.5 Å². The van der Waals surface area contributed by atoms with Gasteiger partial charge in [-0.25, -0.2) is 4.98 Å². The Morgan fingerprint density at radius 1 is 1.33 bits per heavy atom. The lowest BCUT2D eigenvalue weighted by molar-refractivity contribution is 0.0725. The van der Waals surface area contributed by atoms with Gasteiger partial charge < -0.3 is 15.4 Å². The van der Waals surface area contributed by atoms with Crippen LogP contribution in [-0.4, -0.2) is 35.5 Å². The summed E-state index contributed by atoms with van der Waals surface area (Å²) in [6.45, 7) is 0.518. The maximum atomic E-state index is 12.3. The second-order valence-corrected chi connectivity index (χ2v) is 5.19. The average molecular weight is 283 g/mol. The second kappa shape index (κ2) is 5.44. The molecule has 1 aliphatic heterocycles. The van der Waals surface area contributed by atoms with E-state index in [-0.39, 0.29) is 12.0 Å². The highest BCUT2D eigenvalue weighted by Gasteiger charge is 2.25. The molecule has 0 aliphatic carbocycles. The lowest BCUT2D eigenvalue weighted by Crippen LogP contribution is -2.36. The van der Waals surface area contributed by atoms with Crippen molar-refractivity contribution in [2.45, 2.75) is 12.5 Å². The molecule has 1 amide bonds. The molecule has 2 heterocycles.